The van der Waals surface area contributed by atoms with Crippen LogP contribution in [0, 0.1) is 37.0 Å². The number of carbonyl (C=O) groups is 4. The van der Waals surface area contributed by atoms with Crippen LogP contribution in [0.4, 0.5) is 5.82 Å². The summed E-state index contributed by atoms with van der Waals surface area (Å²) in [5.74, 6) is -0.595. The molecule has 2 aliphatic carbocycles. The van der Waals surface area contributed by atoms with Gasteiger partial charge >= 0.3 is 0 Å². The zero-order valence-electron chi connectivity index (χ0n) is 28.0. The Labute approximate surface area is 293 Å². The number of nitrogens with one attached hydrogen (secondary N) is 2. The third-order valence-corrected chi connectivity index (χ3v) is 11.1. The maximum absolute atomic E-state index is 14.5. The number of hydrogen-bond acceptors (Lipinski definition) is 8. The number of carbonyl (C=O) groups excluding carboxylic acids is 4. The first-order valence-corrected chi connectivity index (χ1v) is 17.9. The van der Waals surface area contributed by atoms with Gasteiger partial charge in [-0.15, -0.1) is 0 Å². The molecule has 11 nitrogen and oxygen atoms in total. The molecule has 2 fully saturated rings. The van der Waals surface area contributed by atoms with Crippen LogP contribution in [0.5, 0.6) is 0 Å². The molecular formula is C37H40BrN7O4. The van der Waals surface area contributed by atoms with E-state index in [1.165, 1.54) is 6.92 Å². The van der Waals surface area contributed by atoms with Crippen molar-refractivity contribution >= 4 is 56.0 Å². The van der Waals surface area contributed by atoms with E-state index in [4.69, 9.17) is 5.10 Å². The summed E-state index contributed by atoms with van der Waals surface area (Å²) < 4.78 is 2.29. The molecule has 0 radical (unpaired) electrons. The van der Waals surface area contributed by atoms with Crippen LogP contribution < -0.4 is 10.6 Å². The summed E-state index contributed by atoms with van der Waals surface area (Å²) in [7, 11) is 0. The van der Waals surface area contributed by atoms with Crippen LogP contribution in [-0.2, 0) is 27.3 Å². The van der Waals surface area contributed by atoms with Crippen molar-refractivity contribution in [3.8, 4) is 11.1 Å². The fraction of sp³-hybridized carbons (Fsp3) is 0.459. The second kappa shape index (κ2) is 13.2. The van der Waals surface area contributed by atoms with Gasteiger partial charge in [-0.3, -0.25) is 23.9 Å². The summed E-state index contributed by atoms with van der Waals surface area (Å²) in [5, 5.41) is 11.6. The number of amides is 2. The van der Waals surface area contributed by atoms with E-state index in [-0.39, 0.29) is 41.3 Å². The second-order valence-electron chi connectivity index (χ2n) is 14.1. The van der Waals surface area contributed by atoms with Crippen molar-refractivity contribution in [1.82, 2.24) is 30.0 Å². The SMILES string of the molecule is CC(=O)c1nn2c3c(cc(-c4cnc(C)nc4)cc13)CCCCCCC(=O)NC[C@@]13C[C@@H](C(=O)Nc4nc(Br)ccc4C)C(C(=O)C2)[C@@H]1C3. The highest BCUT2D eigenvalue weighted by Gasteiger charge is 2.68. The Morgan fingerprint density at radius 1 is 1.00 bits per heavy atom. The number of Topliss-reactive ketones (excluding diaryl/α,β-unsaturated/α-hetero) is 2. The van der Waals surface area contributed by atoms with Crippen molar-refractivity contribution in [3.63, 3.8) is 0 Å². The molecule has 1 aromatic carbocycles. The highest BCUT2D eigenvalue weighted by molar-refractivity contribution is 9.10. The number of halogens is 1. The molecule has 254 valence electrons. The predicted octanol–water partition coefficient (Wildman–Crippen LogP) is 5.94. The smallest absolute Gasteiger partial charge is 0.229 e. The van der Waals surface area contributed by atoms with Gasteiger partial charge in [0.2, 0.25) is 11.8 Å². The molecule has 2 bridgehead atoms. The minimum absolute atomic E-state index is 0.0145. The van der Waals surface area contributed by atoms with Gasteiger partial charge in [0.1, 0.15) is 28.5 Å². The Kier molecular flexibility index (Phi) is 8.93. The van der Waals surface area contributed by atoms with E-state index in [9.17, 15) is 19.2 Å². The van der Waals surface area contributed by atoms with E-state index in [0.717, 1.165) is 59.9 Å². The minimum Gasteiger partial charge on any atom is -0.356 e. The highest BCUT2D eigenvalue weighted by atomic mass is 79.9. The van der Waals surface area contributed by atoms with Gasteiger partial charge in [-0.2, -0.15) is 5.10 Å². The first kappa shape index (κ1) is 33.2. The normalized spacial score (nSPS) is 24.2. The van der Waals surface area contributed by atoms with Gasteiger partial charge in [-0.1, -0.05) is 18.9 Å². The Bertz CT molecular complexity index is 1990. The fourth-order valence-electron chi connectivity index (χ4n) is 8.04. The number of aromatic nitrogens is 5. The third kappa shape index (κ3) is 6.54. The number of pyridine rings is 1. The summed E-state index contributed by atoms with van der Waals surface area (Å²) in [5.41, 5.74) is 4.29. The van der Waals surface area contributed by atoms with Crippen molar-refractivity contribution in [2.45, 2.75) is 78.7 Å². The van der Waals surface area contributed by atoms with Crippen molar-refractivity contribution in [2.24, 2.45) is 23.2 Å². The topological polar surface area (TPSA) is 149 Å². The molecule has 2 N–H and O–H groups in total. The van der Waals surface area contributed by atoms with E-state index >= 15 is 0 Å². The van der Waals surface area contributed by atoms with Crippen LogP contribution in [0.1, 0.15) is 79.3 Å². The van der Waals surface area contributed by atoms with Gasteiger partial charge in [0.15, 0.2) is 11.6 Å². The molecule has 3 aromatic heterocycles. The van der Waals surface area contributed by atoms with Crippen molar-refractivity contribution < 1.29 is 19.2 Å². The van der Waals surface area contributed by atoms with Gasteiger partial charge in [-0.25, -0.2) is 15.0 Å². The number of anilines is 1. The van der Waals surface area contributed by atoms with Crippen LogP contribution in [0.2, 0.25) is 0 Å². The molecule has 4 atom stereocenters. The molecule has 1 aliphatic heterocycles. The molecule has 7 rings (SSSR count). The molecule has 0 saturated heterocycles. The predicted molar refractivity (Wildman–Crippen MR) is 188 cm³/mol. The minimum atomic E-state index is -0.594. The molecule has 49 heavy (non-hydrogen) atoms. The number of aryl methyl sites for hydroxylation is 3. The van der Waals surface area contributed by atoms with Crippen LogP contribution in [0.3, 0.4) is 0 Å². The Balaban J connectivity index is 1.29. The maximum atomic E-state index is 14.5. The molecule has 1 unspecified atom stereocenters. The van der Waals surface area contributed by atoms with Crippen molar-refractivity contribution in [2.75, 3.05) is 11.9 Å². The highest BCUT2D eigenvalue weighted by Crippen LogP contribution is 2.68. The lowest BCUT2D eigenvalue weighted by Gasteiger charge is -2.22. The van der Waals surface area contributed by atoms with Gasteiger partial charge in [-0.05, 0) is 108 Å². The summed E-state index contributed by atoms with van der Waals surface area (Å²) in [6.07, 6.45) is 9.50. The zero-order chi connectivity index (χ0) is 34.4. The van der Waals surface area contributed by atoms with Crippen LogP contribution >= 0.6 is 15.9 Å². The lowest BCUT2D eigenvalue weighted by Crippen LogP contribution is -2.35. The van der Waals surface area contributed by atoms with E-state index in [1.807, 2.05) is 32.0 Å². The average molecular weight is 727 g/mol. The lowest BCUT2D eigenvalue weighted by molar-refractivity contribution is -0.131. The second-order valence-corrected chi connectivity index (χ2v) is 14.9. The Hall–Kier alpha value is -4.32. The summed E-state index contributed by atoms with van der Waals surface area (Å²) in [6, 6.07) is 7.73. The zero-order valence-corrected chi connectivity index (χ0v) is 29.6. The number of benzene rings is 1. The number of rotatable bonds is 4. The Morgan fingerprint density at radius 2 is 1.76 bits per heavy atom. The van der Waals surface area contributed by atoms with E-state index in [0.29, 0.717) is 53.1 Å². The number of nitrogens with zero attached hydrogens (tertiary/aromatic N) is 5. The van der Waals surface area contributed by atoms with Crippen LogP contribution in [0.15, 0.2) is 41.3 Å². The monoisotopic (exact) mass is 725 g/mol. The largest absolute Gasteiger partial charge is 0.356 e. The standard InChI is InChI=1S/C37H40BrN7O4/c1-20-10-11-30(38)42-35(20)43-36(49)27-14-37-15-28(37)32(27)29(47)18-45-34-23(8-6-4-5-7-9-31(48)41-19-37)12-24(25-16-39-22(3)40-17-25)13-26(34)33(44-45)21(2)46/h10-13,16-17,27-28,32H,4-9,14-15,18-19H2,1-3H3,(H,41,48)(H,42,43,49)/t27-,28+,32?,37+/m1/s1. The van der Waals surface area contributed by atoms with Gasteiger partial charge < -0.3 is 10.6 Å². The van der Waals surface area contributed by atoms with E-state index in [2.05, 4.69) is 47.6 Å². The van der Waals surface area contributed by atoms with Crippen LogP contribution in [-0.4, -0.2) is 54.7 Å². The van der Waals surface area contributed by atoms with E-state index in [1.54, 1.807) is 17.1 Å². The van der Waals surface area contributed by atoms with Crippen LogP contribution in [0.25, 0.3) is 22.0 Å². The van der Waals surface area contributed by atoms with Gasteiger partial charge in [0.05, 0.1) is 5.52 Å². The molecular weight excluding hydrogens is 686 g/mol. The average Bonchev–Trinajstić information content (AvgIpc) is 3.48. The molecule has 2 saturated carbocycles. The van der Waals surface area contributed by atoms with E-state index < -0.39 is 11.8 Å². The van der Waals surface area contributed by atoms with Gasteiger partial charge in [0.25, 0.3) is 0 Å². The first-order valence-electron chi connectivity index (χ1n) is 17.1. The summed E-state index contributed by atoms with van der Waals surface area (Å²) in [6.45, 7) is 5.59. The first-order chi connectivity index (χ1) is 23.5. The third-order valence-electron chi connectivity index (χ3n) is 10.7. The number of hydrogen-bond donors (Lipinski definition) is 2. The maximum Gasteiger partial charge on any atom is 0.229 e. The van der Waals surface area contributed by atoms with Gasteiger partial charge in [0, 0.05) is 55.1 Å². The molecule has 12 heteroatoms. The summed E-state index contributed by atoms with van der Waals surface area (Å²) >= 11 is 3.39. The molecule has 0 spiro atoms. The molecule has 4 aromatic rings. The van der Waals surface area contributed by atoms with Crippen molar-refractivity contribution in [3.05, 3.63) is 63.9 Å². The number of ketones is 2. The Morgan fingerprint density at radius 3 is 2.51 bits per heavy atom. The molecule has 3 aliphatic rings. The molecule has 4 heterocycles. The quantitative estimate of drug-likeness (QED) is 0.194. The van der Waals surface area contributed by atoms with Crippen molar-refractivity contribution in [1.29, 1.82) is 0 Å². The lowest BCUT2D eigenvalue weighted by atomic mass is 9.86. The summed E-state index contributed by atoms with van der Waals surface area (Å²) in [4.78, 5) is 67.6. The molecule has 2 amide bonds. The fourth-order valence-corrected chi connectivity index (χ4v) is 8.35.